The summed E-state index contributed by atoms with van der Waals surface area (Å²) in [5, 5.41) is 6.89. The average Bonchev–Trinajstić information content (AvgIpc) is 2.81. The molecule has 2 rings (SSSR count). The van der Waals surface area contributed by atoms with Gasteiger partial charge in [-0.2, -0.15) is 0 Å². The molecule has 100 valence electrons. The number of hydrogen-bond donors (Lipinski definition) is 2. The van der Waals surface area contributed by atoms with Gasteiger partial charge in [0.2, 0.25) is 0 Å². The Morgan fingerprint density at radius 1 is 1.39 bits per heavy atom. The highest BCUT2D eigenvalue weighted by Gasteiger charge is 2.21. The molecule has 1 heterocycles. The second-order valence-corrected chi connectivity index (χ2v) is 4.64. The summed E-state index contributed by atoms with van der Waals surface area (Å²) in [6, 6.07) is 8.51. The second kappa shape index (κ2) is 6.73. The van der Waals surface area contributed by atoms with E-state index < -0.39 is 0 Å². The Bertz CT molecular complexity index is 371. The third-order valence-electron chi connectivity index (χ3n) is 3.39. The Morgan fingerprint density at radius 3 is 3.00 bits per heavy atom. The highest BCUT2D eigenvalue weighted by atomic mass is 16.5. The topological polar surface area (TPSA) is 42.5 Å². The largest absolute Gasteiger partial charge is 0.384 e. The van der Waals surface area contributed by atoms with Gasteiger partial charge in [0.1, 0.15) is 0 Å². The van der Waals surface area contributed by atoms with Crippen LogP contribution in [0.1, 0.15) is 11.5 Å². The number of rotatable bonds is 7. The van der Waals surface area contributed by atoms with Crippen molar-refractivity contribution in [2.24, 2.45) is 0 Å². The van der Waals surface area contributed by atoms with Gasteiger partial charge in [0.25, 0.3) is 0 Å². The maximum Gasteiger partial charge on any atom is 0.0928 e. The van der Waals surface area contributed by atoms with Gasteiger partial charge in [0.05, 0.1) is 12.7 Å². The monoisotopic (exact) mass is 250 g/mol. The summed E-state index contributed by atoms with van der Waals surface area (Å²) in [5.74, 6) is 0.543. The fraction of sp³-hybridized carbons (Fsp3) is 0.571. The molecule has 4 nitrogen and oxygen atoms in total. The molecular formula is C14H22N2O2. The molecule has 1 aromatic carbocycles. The first kappa shape index (κ1) is 13.3. The van der Waals surface area contributed by atoms with Crippen molar-refractivity contribution in [2.75, 3.05) is 45.8 Å². The van der Waals surface area contributed by atoms with Gasteiger partial charge in [0.15, 0.2) is 0 Å². The predicted octanol–water partition coefficient (Wildman–Crippen LogP) is 1.45. The van der Waals surface area contributed by atoms with Gasteiger partial charge in [0, 0.05) is 45.5 Å². The van der Waals surface area contributed by atoms with Gasteiger partial charge in [-0.1, -0.05) is 18.2 Å². The van der Waals surface area contributed by atoms with Crippen molar-refractivity contribution in [3.05, 3.63) is 29.8 Å². The molecule has 0 saturated heterocycles. The Hall–Kier alpha value is -1.10. The van der Waals surface area contributed by atoms with Crippen molar-refractivity contribution >= 4 is 5.69 Å². The SMILES string of the molecule is COCC(CNCC1CNc2ccccc21)OC. The van der Waals surface area contributed by atoms with E-state index in [0.717, 1.165) is 19.6 Å². The van der Waals surface area contributed by atoms with E-state index in [1.54, 1.807) is 14.2 Å². The summed E-state index contributed by atoms with van der Waals surface area (Å²) < 4.78 is 10.4. The minimum absolute atomic E-state index is 0.125. The van der Waals surface area contributed by atoms with Crippen molar-refractivity contribution < 1.29 is 9.47 Å². The lowest BCUT2D eigenvalue weighted by molar-refractivity contribution is 0.0289. The average molecular weight is 250 g/mol. The molecule has 0 radical (unpaired) electrons. The molecular weight excluding hydrogens is 228 g/mol. The van der Waals surface area contributed by atoms with E-state index in [1.807, 2.05) is 0 Å². The third-order valence-corrected chi connectivity index (χ3v) is 3.39. The van der Waals surface area contributed by atoms with Crippen LogP contribution in [0.3, 0.4) is 0 Å². The number of fused-ring (bicyclic) bond motifs is 1. The zero-order chi connectivity index (χ0) is 12.8. The second-order valence-electron chi connectivity index (χ2n) is 4.64. The van der Waals surface area contributed by atoms with Crippen LogP contribution in [-0.2, 0) is 9.47 Å². The predicted molar refractivity (Wildman–Crippen MR) is 73.2 cm³/mol. The van der Waals surface area contributed by atoms with Gasteiger partial charge in [-0.3, -0.25) is 0 Å². The van der Waals surface area contributed by atoms with E-state index in [-0.39, 0.29) is 6.10 Å². The van der Waals surface area contributed by atoms with E-state index in [0.29, 0.717) is 12.5 Å². The lowest BCUT2D eigenvalue weighted by atomic mass is 10.0. The molecule has 1 aromatic rings. The number of nitrogens with one attached hydrogen (secondary N) is 2. The molecule has 2 unspecified atom stereocenters. The van der Waals surface area contributed by atoms with Crippen LogP contribution in [-0.4, -0.2) is 46.6 Å². The van der Waals surface area contributed by atoms with E-state index in [2.05, 4.69) is 34.9 Å². The van der Waals surface area contributed by atoms with Gasteiger partial charge >= 0.3 is 0 Å². The van der Waals surface area contributed by atoms with Crippen LogP contribution < -0.4 is 10.6 Å². The molecule has 0 amide bonds. The van der Waals surface area contributed by atoms with Crippen LogP contribution in [0.15, 0.2) is 24.3 Å². The van der Waals surface area contributed by atoms with Crippen molar-refractivity contribution in [1.82, 2.24) is 5.32 Å². The van der Waals surface area contributed by atoms with E-state index in [4.69, 9.17) is 9.47 Å². The standard InChI is InChI=1S/C14H22N2O2/c1-17-10-12(18-2)9-15-7-11-8-16-14-6-4-3-5-13(11)14/h3-6,11-12,15-16H,7-10H2,1-2H3. The number of benzene rings is 1. The zero-order valence-corrected chi connectivity index (χ0v) is 11.1. The Kier molecular flexibility index (Phi) is 4.99. The van der Waals surface area contributed by atoms with Crippen LogP contribution in [0, 0.1) is 0 Å². The molecule has 0 aromatic heterocycles. The number of para-hydroxylation sites is 1. The first-order valence-electron chi connectivity index (χ1n) is 6.40. The minimum atomic E-state index is 0.125. The smallest absolute Gasteiger partial charge is 0.0928 e. The lowest BCUT2D eigenvalue weighted by Gasteiger charge is -2.17. The molecule has 4 heteroatoms. The van der Waals surface area contributed by atoms with Crippen molar-refractivity contribution in [2.45, 2.75) is 12.0 Å². The molecule has 2 atom stereocenters. The highest BCUT2D eigenvalue weighted by molar-refractivity contribution is 5.57. The third kappa shape index (κ3) is 3.22. The molecule has 0 spiro atoms. The molecule has 0 aliphatic carbocycles. The van der Waals surface area contributed by atoms with E-state index in [1.165, 1.54) is 11.3 Å². The number of hydrogen-bond acceptors (Lipinski definition) is 4. The molecule has 0 fully saturated rings. The number of ether oxygens (including phenoxy) is 2. The van der Waals surface area contributed by atoms with E-state index >= 15 is 0 Å². The summed E-state index contributed by atoms with van der Waals surface area (Å²) in [4.78, 5) is 0. The van der Waals surface area contributed by atoms with Crippen LogP contribution >= 0.6 is 0 Å². The zero-order valence-electron chi connectivity index (χ0n) is 11.1. The molecule has 0 saturated carbocycles. The number of anilines is 1. The summed E-state index contributed by atoms with van der Waals surface area (Å²) in [6.07, 6.45) is 0.125. The molecule has 0 bridgehead atoms. The first-order valence-corrected chi connectivity index (χ1v) is 6.40. The van der Waals surface area contributed by atoms with Crippen LogP contribution in [0.2, 0.25) is 0 Å². The minimum Gasteiger partial charge on any atom is -0.384 e. The van der Waals surface area contributed by atoms with E-state index in [9.17, 15) is 0 Å². The van der Waals surface area contributed by atoms with Crippen LogP contribution in [0.5, 0.6) is 0 Å². The summed E-state index contributed by atoms with van der Waals surface area (Å²) >= 11 is 0. The van der Waals surface area contributed by atoms with Gasteiger partial charge in [-0.05, 0) is 11.6 Å². The normalized spacial score (nSPS) is 19.3. The van der Waals surface area contributed by atoms with Crippen molar-refractivity contribution in [3.8, 4) is 0 Å². The highest BCUT2D eigenvalue weighted by Crippen LogP contribution is 2.30. The Balaban J connectivity index is 1.78. The van der Waals surface area contributed by atoms with Crippen LogP contribution in [0.4, 0.5) is 5.69 Å². The van der Waals surface area contributed by atoms with Crippen molar-refractivity contribution in [3.63, 3.8) is 0 Å². The fourth-order valence-corrected chi connectivity index (χ4v) is 2.35. The number of methoxy groups -OCH3 is 2. The Labute approximate surface area is 109 Å². The van der Waals surface area contributed by atoms with Crippen LogP contribution in [0.25, 0.3) is 0 Å². The maximum absolute atomic E-state index is 5.32. The lowest BCUT2D eigenvalue weighted by Crippen LogP contribution is -2.34. The summed E-state index contributed by atoms with van der Waals surface area (Å²) in [5.41, 5.74) is 2.68. The van der Waals surface area contributed by atoms with Gasteiger partial charge in [-0.15, -0.1) is 0 Å². The summed E-state index contributed by atoms with van der Waals surface area (Å²) in [6.45, 7) is 3.42. The molecule has 18 heavy (non-hydrogen) atoms. The molecule has 1 aliphatic heterocycles. The maximum atomic E-state index is 5.32. The van der Waals surface area contributed by atoms with Crippen molar-refractivity contribution in [1.29, 1.82) is 0 Å². The molecule has 2 N–H and O–H groups in total. The quantitative estimate of drug-likeness (QED) is 0.768. The Morgan fingerprint density at radius 2 is 2.22 bits per heavy atom. The summed E-state index contributed by atoms with van der Waals surface area (Å²) in [7, 11) is 3.42. The fourth-order valence-electron chi connectivity index (χ4n) is 2.35. The van der Waals surface area contributed by atoms with Gasteiger partial charge in [-0.25, -0.2) is 0 Å². The molecule has 1 aliphatic rings. The van der Waals surface area contributed by atoms with Gasteiger partial charge < -0.3 is 20.1 Å². The first-order chi connectivity index (χ1) is 8.85.